The summed E-state index contributed by atoms with van der Waals surface area (Å²) in [7, 11) is -11.6. The Balaban J connectivity index is 3.89. The molecule has 1 fully saturated rings. The van der Waals surface area contributed by atoms with Crippen LogP contribution in [0.15, 0.2) is 0 Å². The molecule has 0 atom stereocenters. The van der Waals surface area contributed by atoms with Crippen LogP contribution in [-0.4, -0.2) is 31.4 Å². The zero-order valence-electron chi connectivity index (χ0n) is 7.46. The summed E-state index contributed by atoms with van der Waals surface area (Å²) in [5, 5.41) is -11.2. The van der Waals surface area contributed by atoms with Gasteiger partial charge < -0.3 is 0 Å². The van der Waals surface area contributed by atoms with Crippen LogP contribution in [0.1, 0.15) is 13.8 Å². The molecular formula is C5H6F4O4S2. The number of hydrogen-bond donors (Lipinski definition) is 0. The van der Waals surface area contributed by atoms with Gasteiger partial charge in [-0.05, 0) is 13.8 Å². The molecule has 1 heterocycles. The highest BCUT2D eigenvalue weighted by Crippen LogP contribution is 2.57. The largest absolute Gasteiger partial charge is 0.423 e. The predicted octanol–water partition coefficient (Wildman–Crippen LogP) is 0.751. The lowest BCUT2D eigenvalue weighted by molar-refractivity contribution is -0.0920. The van der Waals surface area contributed by atoms with E-state index in [-0.39, 0.29) is 0 Å². The van der Waals surface area contributed by atoms with E-state index in [0.717, 1.165) is 0 Å². The van der Waals surface area contributed by atoms with Crippen molar-refractivity contribution in [3.63, 3.8) is 0 Å². The van der Waals surface area contributed by atoms with E-state index in [1.165, 1.54) is 0 Å². The molecule has 0 aromatic rings. The van der Waals surface area contributed by atoms with E-state index in [0.29, 0.717) is 13.8 Å². The second-order valence-corrected chi connectivity index (χ2v) is 8.78. The average molecular weight is 270 g/mol. The van der Waals surface area contributed by atoms with Crippen LogP contribution in [0, 0.1) is 0 Å². The summed E-state index contributed by atoms with van der Waals surface area (Å²) in [5.74, 6) is 0. The number of rotatable bonds is 0. The van der Waals surface area contributed by atoms with E-state index in [1.54, 1.807) is 0 Å². The number of sulfone groups is 2. The molecule has 0 aliphatic carbocycles. The van der Waals surface area contributed by atoms with Gasteiger partial charge in [-0.15, -0.1) is 0 Å². The van der Waals surface area contributed by atoms with Gasteiger partial charge in [-0.2, -0.15) is 17.6 Å². The molecule has 0 unspecified atom stereocenters. The fourth-order valence-electron chi connectivity index (χ4n) is 1.07. The highest BCUT2D eigenvalue weighted by atomic mass is 32.3. The maximum absolute atomic E-state index is 12.8. The molecule has 0 spiro atoms. The van der Waals surface area contributed by atoms with Gasteiger partial charge in [-0.25, -0.2) is 16.8 Å². The Morgan fingerprint density at radius 1 is 0.733 bits per heavy atom. The molecule has 4 nitrogen and oxygen atoms in total. The van der Waals surface area contributed by atoms with E-state index in [4.69, 9.17) is 0 Å². The molecular weight excluding hydrogens is 264 g/mol. The van der Waals surface area contributed by atoms with Crippen molar-refractivity contribution in [2.45, 2.75) is 28.4 Å². The first-order chi connectivity index (χ1) is 6.25. The van der Waals surface area contributed by atoms with Crippen molar-refractivity contribution >= 4 is 19.7 Å². The SMILES string of the molecule is CC1(C)S(=O)(=O)C(F)(F)C(F)(F)S1(=O)=O. The first-order valence-corrected chi connectivity index (χ1v) is 6.46. The lowest BCUT2D eigenvalue weighted by atomic mass is 10.5. The first kappa shape index (κ1) is 12.7. The fourth-order valence-corrected chi connectivity index (χ4v) is 5.38. The number of halogens is 4. The lowest BCUT2D eigenvalue weighted by Crippen LogP contribution is -2.42. The number of hydrogen-bond acceptors (Lipinski definition) is 4. The van der Waals surface area contributed by atoms with Crippen LogP contribution in [0.5, 0.6) is 0 Å². The summed E-state index contributed by atoms with van der Waals surface area (Å²) >= 11 is 0. The van der Waals surface area contributed by atoms with Crippen LogP contribution in [-0.2, 0) is 19.7 Å². The molecule has 0 saturated carbocycles. The van der Waals surface area contributed by atoms with E-state index in [1.807, 2.05) is 0 Å². The molecule has 0 bridgehead atoms. The Morgan fingerprint density at radius 2 is 0.933 bits per heavy atom. The molecule has 0 amide bonds. The standard InChI is InChI=1S/C5H6F4O4S2/c1-3(2)14(10,11)4(6,7)5(8,9)15(3,12)13/h1-2H3. The van der Waals surface area contributed by atoms with E-state index >= 15 is 0 Å². The van der Waals surface area contributed by atoms with Crippen LogP contribution in [0.25, 0.3) is 0 Å². The molecule has 90 valence electrons. The molecule has 0 radical (unpaired) electrons. The van der Waals surface area contributed by atoms with Gasteiger partial charge >= 0.3 is 10.5 Å². The van der Waals surface area contributed by atoms with Crippen molar-refractivity contribution in [2.24, 2.45) is 0 Å². The average Bonchev–Trinajstić information content (AvgIpc) is 2.04. The summed E-state index contributed by atoms with van der Waals surface area (Å²) in [4.78, 5) is 0. The van der Waals surface area contributed by atoms with Crippen LogP contribution >= 0.6 is 0 Å². The zero-order chi connectivity index (χ0) is 12.5. The van der Waals surface area contributed by atoms with Crippen LogP contribution < -0.4 is 0 Å². The summed E-state index contributed by atoms with van der Waals surface area (Å²) < 4.78 is 91.7. The van der Waals surface area contributed by atoms with E-state index in [9.17, 15) is 34.4 Å². The minimum atomic E-state index is -5.79. The summed E-state index contributed by atoms with van der Waals surface area (Å²) in [6.07, 6.45) is 0. The molecule has 0 N–H and O–H groups in total. The van der Waals surface area contributed by atoms with Gasteiger partial charge in [0.25, 0.3) is 0 Å². The Hall–Kier alpha value is -0.380. The van der Waals surface area contributed by atoms with Crippen molar-refractivity contribution in [3.05, 3.63) is 0 Å². The minimum Gasteiger partial charge on any atom is -0.221 e. The maximum atomic E-state index is 12.8. The number of alkyl halides is 4. The smallest absolute Gasteiger partial charge is 0.221 e. The summed E-state index contributed by atoms with van der Waals surface area (Å²) in [5.41, 5.74) is 0. The summed E-state index contributed by atoms with van der Waals surface area (Å²) in [6, 6.07) is 0. The van der Waals surface area contributed by atoms with Gasteiger partial charge in [0.1, 0.15) is 0 Å². The molecule has 15 heavy (non-hydrogen) atoms. The molecule has 1 aliphatic rings. The van der Waals surface area contributed by atoms with Crippen molar-refractivity contribution in [1.29, 1.82) is 0 Å². The topological polar surface area (TPSA) is 68.3 Å². The monoisotopic (exact) mass is 270 g/mol. The van der Waals surface area contributed by atoms with Crippen LogP contribution in [0.4, 0.5) is 17.6 Å². The third-order valence-electron chi connectivity index (χ3n) is 2.31. The third-order valence-corrected chi connectivity index (χ3v) is 8.21. The Morgan fingerprint density at radius 3 is 1.00 bits per heavy atom. The Bertz CT molecular complexity index is 455. The van der Waals surface area contributed by atoms with Gasteiger partial charge in [0, 0.05) is 0 Å². The highest BCUT2D eigenvalue weighted by molar-refractivity contribution is 8.14. The molecule has 10 heteroatoms. The van der Waals surface area contributed by atoms with Crippen LogP contribution in [0.3, 0.4) is 0 Å². The Kier molecular flexibility index (Phi) is 2.09. The quantitative estimate of drug-likeness (QED) is 0.609. The van der Waals surface area contributed by atoms with E-state index < -0.39 is 34.3 Å². The predicted molar refractivity (Wildman–Crippen MR) is 41.8 cm³/mol. The second-order valence-electron chi connectivity index (χ2n) is 3.44. The van der Waals surface area contributed by atoms with Gasteiger partial charge in [0.15, 0.2) is 4.08 Å². The molecule has 0 aromatic carbocycles. The molecule has 1 saturated heterocycles. The minimum absolute atomic E-state index is 0.312. The molecule has 1 aliphatic heterocycles. The fraction of sp³-hybridized carbons (Fsp3) is 1.00. The second kappa shape index (κ2) is 2.47. The van der Waals surface area contributed by atoms with Crippen molar-refractivity contribution in [3.8, 4) is 0 Å². The van der Waals surface area contributed by atoms with Gasteiger partial charge in [-0.3, -0.25) is 0 Å². The van der Waals surface area contributed by atoms with Gasteiger partial charge in [-0.1, -0.05) is 0 Å². The zero-order valence-corrected chi connectivity index (χ0v) is 9.09. The highest BCUT2D eigenvalue weighted by Gasteiger charge is 2.87. The van der Waals surface area contributed by atoms with Crippen molar-refractivity contribution in [1.82, 2.24) is 0 Å². The van der Waals surface area contributed by atoms with Gasteiger partial charge in [0.05, 0.1) is 0 Å². The van der Waals surface area contributed by atoms with Crippen LogP contribution in [0.2, 0.25) is 0 Å². The van der Waals surface area contributed by atoms with Crippen molar-refractivity contribution in [2.75, 3.05) is 0 Å². The lowest BCUT2D eigenvalue weighted by Gasteiger charge is -2.14. The van der Waals surface area contributed by atoms with Gasteiger partial charge in [0.2, 0.25) is 19.7 Å². The molecule has 1 rings (SSSR count). The first-order valence-electron chi connectivity index (χ1n) is 3.49. The Labute approximate surface area is 83.1 Å². The molecule has 0 aromatic heterocycles. The summed E-state index contributed by atoms with van der Waals surface area (Å²) in [6.45, 7) is 0.624. The normalized spacial score (nSPS) is 33.7. The third kappa shape index (κ3) is 0.924. The van der Waals surface area contributed by atoms with Crippen molar-refractivity contribution < 1.29 is 34.4 Å². The maximum Gasteiger partial charge on any atom is 0.423 e. The van der Waals surface area contributed by atoms with E-state index in [2.05, 4.69) is 0 Å².